The zero-order valence-electron chi connectivity index (χ0n) is 8.00. The summed E-state index contributed by atoms with van der Waals surface area (Å²) in [6.07, 6.45) is -8.01. The molecule has 1 heterocycles. The molecule has 0 radical (unpaired) electrons. The van der Waals surface area contributed by atoms with E-state index in [1.54, 1.807) is 0 Å². The summed E-state index contributed by atoms with van der Waals surface area (Å²) in [6.45, 7) is -1.17. The van der Waals surface area contributed by atoms with E-state index in [0.717, 1.165) is 0 Å². The molecule has 9 heteroatoms. The normalized spacial score (nSPS) is 11.9. The van der Waals surface area contributed by atoms with Gasteiger partial charge in [0.05, 0.1) is 23.9 Å². The van der Waals surface area contributed by atoms with E-state index in [1.165, 1.54) is 0 Å². The van der Waals surface area contributed by atoms with Crippen LogP contribution < -0.4 is 4.74 Å². The monoisotopic (exact) mass is 259 g/mol. The number of nitrogens with zero attached hydrogens (tertiary/aromatic N) is 1. The van der Waals surface area contributed by atoms with Crippen molar-refractivity contribution in [3.8, 4) is 11.6 Å². The molecule has 0 aliphatic carbocycles. The van der Waals surface area contributed by atoms with Gasteiger partial charge in [0.15, 0.2) is 0 Å². The fourth-order valence-electron chi connectivity index (χ4n) is 1.13. The number of halogens is 5. The number of aliphatic hydroxyl groups is 1. The number of pyridine rings is 1. The van der Waals surface area contributed by atoms with Crippen LogP contribution >= 0.6 is 0 Å². The molecule has 17 heavy (non-hydrogen) atoms. The highest BCUT2D eigenvalue weighted by Crippen LogP contribution is 2.36. The molecule has 0 atom stereocenters. The average Bonchev–Trinajstić information content (AvgIpc) is 2.17. The number of rotatable bonds is 3. The van der Waals surface area contributed by atoms with Gasteiger partial charge >= 0.3 is 6.36 Å². The van der Waals surface area contributed by atoms with Gasteiger partial charge in [-0.05, 0) is 0 Å². The fourth-order valence-corrected chi connectivity index (χ4v) is 1.13. The molecular weight excluding hydrogens is 253 g/mol. The molecule has 4 nitrogen and oxygen atoms in total. The van der Waals surface area contributed by atoms with Crippen LogP contribution in [0.15, 0.2) is 6.20 Å². The molecule has 1 aromatic heterocycles. The van der Waals surface area contributed by atoms with Crippen LogP contribution in [-0.4, -0.2) is 21.6 Å². The number of alkyl halides is 5. The van der Waals surface area contributed by atoms with Gasteiger partial charge in [0.25, 0.3) is 6.43 Å². The Morgan fingerprint density at radius 3 is 2.35 bits per heavy atom. The molecule has 0 saturated heterocycles. The minimum atomic E-state index is -5.13. The van der Waals surface area contributed by atoms with Crippen molar-refractivity contribution in [1.29, 1.82) is 0 Å². The van der Waals surface area contributed by atoms with E-state index in [-0.39, 0.29) is 0 Å². The van der Waals surface area contributed by atoms with Crippen molar-refractivity contribution in [1.82, 2.24) is 4.98 Å². The smallest absolute Gasteiger partial charge is 0.506 e. The molecule has 0 fully saturated rings. The van der Waals surface area contributed by atoms with Crippen LogP contribution in [0.5, 0.6) is 11.6 Å². The Morgan fingerprint density at radius 1 is 1.35 bits per heavy atom. The van der Waals surface area contributed by atoms with Crippen LogP contribution in [0.2, 0.25) is 0 Å². The van der Waals surface area contributed by atoms with Crippen LogP contribution in [0.4, 0.5) is 22.0 Å². The summed E-state index contributed by atoms with van der Waals surface area (Å²) < 4.78 is 64.0. The molecule has 0 amide bonds. The van der Waals surface area contributed by atoms with Crippen molar-refractivity contribution in [2.45, 2.75) is 19.4 Å². The van der Waals surface area contributed by atoms with Gasteiger partial charge in [0.2, 0.25) is 5.88 Å². The molecule has 1 rings (SSSR count). The van der Waals surface area contributed by atoms with Crippen LogP contribution in [0.3, 0.4) is 0 Å². The minimum Gasteiger partial charge on any atom is -0.506 e. The average molecular weight is 259 g/mol. The van der Waals surface area contributed by atoms with Crippen LogP contribution in [-0.2, 0) is 6.61 Å². The van der Waals surface area contributed by atoms with Gasteiger partial charge in [-0.15, -0.1) is 13.2 Å². The quantitative estimate of drug-likeness (QED) is 0.816. The van der Waals surface area contributed by atoms with Crippen molar-refractivity contribution >= 4 is 0 Å². The van der Waals surface area contributed by atoms with E-state index in [2.05, 4.69) is 9.72 Å². The molecule has 1 aromatic rings. The van der Waals surface area contributed by atoms with Gasteiger partial charge in [0, 0.05) is 0 Å². The lowest BCUT2D eigenvalue weighted by molar-refractivity contribution is -0.276. The highest BCUT2D eigenvalue weighted by Gasteiger charge is 2.34. The van der Waals surface area contributed by atoms with E-state index in [9.17, 15) is 22.0 Å². The maximum Gasteiger partial charge on any atom is 0.574 e. The Morgan fingerprint density at radius 2 is 1.94 bits per heavy atom. The third-order valence-electron chi connectivity index (χ3n) is 1.75. The maximum absolute atomic E-state index is 12.5. The first-order chi connectivity index (χ1) is 7.76. The zero-order chi connectivity index (χ0) is 13.2. The van der Waals surface area contributed by atoms with Crippen molar-refractivity contribution in [3.63, 3.8) is 0 Å². The third kappa shape index (κ3) is 3.16. The predicted octanol–water partition coefficient (Wildman–Crippen LogP) is 2.12. The molecule has 0 aliphatic heterocycles. The summed E-state index contributed by atoms with van der Waals surface area (Å²) in [5.74, 6) is -2.23. The molecule has 0 aliphatic rings. The summed E-state index contributed by atoms with van der Waals surface area (Å²) in [6, 6.07) is 0. The summed E-state index contributed by atoms with van der Waals surface area (Å²) >= 11 is 0. The summed E-state index contributed by atoms with van der Waals surface area (Å²) in [5.41, 5.74) is -2.04. The standard InChI is InChI=1S/C8H6F5NO3/c9-6(10)5-3(2-15)7(14-1-4(5)16)17-8(11,12)13/h1,6,15-16H,2H2. The first kappa shape index (κ1) is 13.4. The lowest BCUT2D eigenvalue weighted by atomic mass is 10.1. The van der Waals surface area contributed by atoms with Gasteiger partial charge in [0.1, 0.15) is 5.75 Å². The van der Waals surface area contributed by atoms with E-state index in [4.69, 9.17) is 10.2 Å². The predicted molar refractivity (Wildman–Crippen MR) is 43.5 cm³/mol. The van der Waals surface area contributed by atoms with Gasteiger partial charge < -0.3 is 14.9 Å². The summed E-state index contributed by atoms with van der Waals surface area (Å²) in [5, 5.41) is 17.8. The molecule has 2 N–H and O–H groups in total. The zero-order valence-corrected chi connectivity index (χ0v) is 8.00. The van der Waals surface area contributed by atoms with E-state index in [1.807, 2.05) is 0 Å². The van der Waals surface area contributed by atoms with E-state index < -0.39 is 42.2 Å². The number of ether oxygens (including phenoxy) is 1. The molecular formula is C8H6F5NO3. The van der Waals surface area contributed by atoms with Crippen molar-refractivity contribution < 1.29 is 36.9 Å². The van der Waals surface area contributed by atoms with Gasteiger partial charge in [-0.3, -0.25) is 0 Å². The summed E-state index contributed by atoms with van der Waals surface area (Å²) in [4.78, 5) is 2.99. The van der Waals surface area contributed by atoms with Crippen LogP contribution in [0.25, 0.3) is 0 Å². The lowest BCUT2D eigenvalue weighted by Crippen LogP contribution is -2.19. The maximum atomic E-state index is 12.5. The number of aliphatic hydroxyl groups excluding tert-OH is 1. The van der Waals surface area contributed by atoms with E-state index in [0.29, 0.717) is 6.20 Å². The molecule has 0 aromatic carbocycles. The van der Waals surface area contributed by atoms with Crippen molar-refractivity contribution in [2.75, 3.05) is 0 Å². The second-order valence-corrected chi connectivity index (χ2v) is 2.85. The molecule has 0 unspecified atom stereocenters. The fraction of sp³-hybridized carbons (Fsp3) is 0.375. The van der Waals surface area contributed by atoms with Crippen LogP contribution in [0, 0.1) is 0 Å². The SMILES string of the molecule is OCc1c(OC(F)(F)F)ncc(O)c1C(F)F. The van der Waals surface area contributed by atoms with Gasteiger partial charge in [-0.25, -0.2) is 13.8 Å². The Bertz CT molecular complexity index is 407. The highest BCUT2D eigenvalue weighted by atomic mass is 19.4. The molecule has 0 bridgehead atoms. The van der Waals surface area contributed by atoms with Gasteiger partial charge in [-0.1, -0.05) is 0 Å². The van der Waals surface area contributed by atoms with Crippen molar-refractivity contribution in [2.24, 2.45) is 0 Å². The van der Waals surface area contributed by atoms with E-state index >= 15 is 0 Å². The number of aromatic hydroxyl groups is 1. The molecule has 96 valence electrons. The first-order valence-electron chi connectivity index (χ1n) is 4.11. The Hall–Kier alpha value is -1.64. The van der Waals surface area contributed by atoms with Crippen LogP contribution in [0.1, 0.15) is 17.6 Å². The lowest BCUT2D eigenvalue weighted by Gasteiger charge is -2.14. The number of hydrogen-bond donors (Lipinski definition) is 2. The second kappa shape index (κ2) is 4.70. The van der Waals surface area contributed by atoms with Gasteiger partial charge in [-0.2, -0.15) is 0 Å². The highest BCUT2D eigenvalue weighted by molar-refractivity contribution is 5.43. The Balaban J connectivity index is 3.28. The third-order valence-corrected chi connectivity index (χ3v) is 1.75. The Kier molecular flexibility index (Phi) is 3.71. The largest absolute Gasteiger partial charge is 0.574 e. The number of aromatic nitrogens is 1. The minimum absolute atomic E-state index is 0.391. The molecule has 0 saturated carbocycles. The Labute approximate surface area is 91.3 Å². The second-order valence-electron chi connectivity index (χ2n) is 2.85. The number of hydrogen-bond acceptors (Lipinski definition) is 4. The van der Waals surface area contributed by atoms with Crippen molar-refractivity contribution in [3.05, 3.63) is 17.3 Å². The molecule has 0 spiro atoms. The first-order valence-corrected chi connectivity index (χ1v) is 4.11. The summed E-state index contributed by atoms with van der Waals surface area (Å²) in [7, 11) is 0. The topological polar surface area (TPSA) is 62.6 Å².